The van der Waals surface area contributed by atoms with Crippen molar-refractivity contribution in [3.8, 4) is 0 Å². The number of hydrogen-bond donors (Lipinski definition) is 1. The number of carbonyl (C=O) groups excluding carboxylic acids is 1. The quantitative estimate of drug-likeness (QED) is 0.926. The van der Waals surface area contributed by atoms with Crippen LogP contribution in [-0.4, -0.2) is 28.9 Å². The monoisotopic (exact) mass is 295 g/mol. The molecule has 112 valence electrons. The van der Waals surface area contributed by atoms with E-state index in [2.05, 4.69) is 0 Å². The zero-order chi connectivity index (χ0) is 15.7. The molecule has 0 bridgehead atoms. The van der Waals surface area contributed by atoms with Crippen LogP contribution in [0.2, 0.25) is 0 Å². The Labute approximate surface area is 129 Å². The topological polar surface area (TPSA) is 57.6 Å². The Morgan fingerprint density at radius 2 is 1.73 bits per heavy atom. The Bertz CT molecular complexity index is 711. The van der Waals surface area contributed by atoms with Crippen molar-refractivity contribution >= 4 is 11.9 Å². The van der Waals surface area contributed by atoms with Crippen molar-refractivity contribution in [2.75, 3.05) is 7.05 Å². The molecule has 2 aromatic carbocycles. The first-order valence-corrected chi connectivity index (χ1v) is 7.21. The standard InChI is InChI=1S/C18H17NO3/c1-19-15(20)11-13-9-5-6-10-14(13)16(18(21)22)17(19)12-7-3-2-4-8-12/h2-10,16-17H,11H2,1H3,(H,21,22)/t16-,17+/m1/s1. The van der Waals surface area contributed by atoms with E-state index in [-0.39, 0.29) is 12.3 Å². The third-order valence-electron chi connectivity index (χ3n) is 4.27. The summed E-state index contributed by atoms with van der Waals surface area (Å²) >= 11 is 0. The second-order valence-corrected chi connectivity index (χ2v) is 5.55. The van der Waals surface area contributed by atoms with E-state index >= 15 is 0 Å². The van der Waals surface area contributed by atoms with Gasteiger partial charge in [0.1, 0.15) is 5.92 Å². The average molecular weight is 295 g/mol. The predicted molar refractivity (Wildman–Crippen MR) is 82.5 cm³/mol. The van der Waals surface area contributed by atoms with Crippen LogP contribution in [0.25, 0.3) is 0 Å². The summed E-state index contributed by atoms with van der Waals surface area (Å²) in [7, 11) is 1.68. The van der Waals surface area contributed by atoms with Crippen LogP contribution in [0.3, 0.4) is 0 Å². The molecule has 0 saturated heterocycles. The lowest BCUT2D eigenvalue weighted by molar-refractivity contribution is -0.142. The Hall–Kier alpha value is -2.62. The molecule has 3 rings (SSSR count). The number of likely N-dealkylation sites (N-methyl/N-ethyl adjacent to an activating group) is 1. The zero-order valence-electron chi connectivity index (χ0n) is 12.3. The van der Waals surface area contributed by atoms with Gasteiger partial charge in [-0.3, -0.25) is 9.59 Å². The lowest BCUT2D eigenvalue weighted by atomic mass is 9.85. The third kappa shape index (κ3) is 2.37. The number of fused-ring (bicyclic) bond motifs is 1. The van der Waals surface area contributed by atoms with E-state index in [9.17, 15) is 14.7 Å². The van der Waals surface area contributed by atoms with Crippen molar-refractivity contribution in [2.24, 2.45) is 0 Å². The minimum atomic E-state index is -0.914. The fourth-order valence-electron chi connectivity index (χ4n) is 3.17. The van der Waals surface area contributed by atoms with Crippen molar-refractivity contribution in [3.05, 3.63) is 71.3 Å². The van der Waals surface area contributed by atoms with Gasteiger partial charge >= 0.3 is 5.97 Å². The minimum absolute atomic E-state index is 0.0648. The third-order valence-corrected chi connectivity index (χ3v) is 4.27. The van der Waals surface area contributed by atoms with Crippen LogP contribution in [0.4, 0.5) is 0 Å². The highest BCUT2D eigenvalue weighted by Gasteiger charge is 2.39. The highest BCUT2D eigenvalue weighted by Crippen LogP contribution is 2.39. The van der Waals surface area contributed by atoms with Gasteiger partial charge in [0.15, 0.2) is 0 Å². The first kappa shape index (κ1) is 14.3. The van der Waals surface area contributed by atoms with E-state index in [4.69, 9.17) is 0 Å². The molecule has 0 saturated carbocycles. The molecule has 0 radical (unpaired) electrons. The molecule has 0 unspecified atom stereocenters. The molecule has 2 aromatic rings. The normalized spacial score (nSPS) is 21.1. The first-order chi connectivity index (χ1) is 10.6. The van der Waals surface area contributed by atoms with Crippen molar-refractivity contribution < 1.29 is 14.7 Å². The molecule has 1 N–H and O–H groups in total. The number of benzene rings is 2. The summed E-state index contributed by atoms with van der Waals surface area (Å²) < 4.78 is 0. The summed E-state index contributed by atoms with van der Waals surface area (Å²) in [6.45, 7) is 0. The van der Waals surface area contributed by atoms with E-state index in [0.29, 0.717) is 0 Å². The largest absolute Gasteiger partial charge is 0.481 e. The van der Waals surface area contributed by atoms with Gasteiger partial charge in [-0.2, -0.15) is 0 Å². The highest BCUT2D eigenvalue weighted by atomic mass is 16.4. The van der Waals surface area contributed by atoms with E-state index in [1.165, 1.54) is 0 Å². The Kier molecular flexibility index (Phi) is 3.67. The number of rotatable bonds is 2. The van der Waals surface area contributed by atoms with Gasteiger partial charge < -0.3 is 10.0 Å². The van der Waals surface area contributed by atoms with E-state index in [0.717, 1.165) is 16.7 Å². The number of carboxylic acid groups (broad SMARTS) is 1. The van der Waals surface area contributed by atoms with Gasteiger partial charge in [-0.1, -0.05) is 54.6 Å². The number of carboxylic acids is 1. The van der Waals surface area contributed by atoms with Gasteiger partial charge in [0, 0.05) is 7.05 Å². The van der Waals surface area contributed by atoms with Gasteiger partial charge in [-0.25, -0.2) is 0 Å². The Morgan fingerprint density at radius 1 is 1.09 bits per heavy atom. The smallest absolute Gasteiger partial charge is 0.313 e. The maximum Gasteiger partial charge on any atom is 0.313 e. The second-order valence-electron chi connectivity index (χ2n) is 5.55. The maximum atomic E-state index is 12.5. The molecular weight excluding hydrogens is 278 g/mol. The summed E-state index contributed by atoms with van der Waals surface area (Å²) in [6, 6.07) is 16.2. The molecule has 1 heterocycles. The lowest BCUT2D eigenvalue weighted by Gasteiger charge is -2.31. The van der Waals surface area contributed by atoms with Crippen LogP contribution in [-0.2, 0) is 16.0 Å². The van der Waals surface area contributed by atoms with Crippen molar-refractivity contribution in [1.82, 2.24) is 4.90 Å². The van der Waals surface area contributed by atoms with Crippen molar-refractivity contribution in [3.63, 3.8) is 0 Å². The maximum absolute atomic E-state index is 12.5. The van der Waals surface area contributed by atoms with Crippen LogP contribution in [0, 0.1) is 0 Å². The fraction of sp³-hybridized carbons (Fsp3) is 0.222. The average Bonchev–Trinajstić information content (AvgIpc) is 2.63. The van der Waals surface area contributed by atoms with Gasteiger partial charge in [0.25, 0.3) is 0 Å². The number of aliphatic carboxylic acids is 1. The Morgan fingerprint density at radius 3 is 2.41 bits per heavy atom. The number of hydrogen-bond acceptors (Lipinski definition) is 2. The number of amides is 1. The number of nitrogens with zero attached hydrogens (tertiary/aromatic N) is 1. The lowest BCUT2D eigenvalue weighted by Crippen LogP contribution is -2.35. The highest BCUT2D eigenvalue weighted by molar-refractivity contribution is 5.85. The molecule has 0 aliphatic carbocycles. The van der Waals surface area contributed by atoms with E-state index < -0.39 is 17.9 Å². The molecular formula is C18H17NO3. The predicted octanol–water partition coefficient (Wildman–Crippen LogP) is 2.61. The molecule has 0 aromatic heterocycles. The molecule has 4 nitrogen and oxygen atoms in total. The molecule has 22 heavy (non-hydrogen) atoms. The van der Waals surface area contributed by atoms with E-state index in [1.54, 1.807) is 11.9 Å². The number of carbonyl (C=O) groups is 2. The van der Waals surface area contributed by atoms with Gasteiger partial charge in [-0.05, 0) is 16.7 Å². The first-order valence-electron chi connectivity index (χ1n) is 7.21. The molecule has 4 heteroatoms. The van der Waals surface area contributed by atoms with Crippen LogP contribution in [0.1, 0.15) is 28.7 Å². The van der Waals surface area contributed by atoms with E-state index in [1.807, 2.05) is 54.6 Å². The summed E-state index contributed by atoms with van der Waals surface area (Å²) in [5.74, 6) is -1.75. The van der Waals surface area contributed by atoms with Gasteiger partial charge in [0.2, 0.25) is 5.91 Å². The Balaban J connectivity index is 2.21. The van der Waals surface area contributed by atoms with Crippen LogP contribution >= 0.6 is 0 Å². The molecule has 1 aliphatic heterocycles. The molecule has 1 amide bonds. The van der Waals surface area contributed by atoms with Crippen LogP contribution in [0.15, 0.2) is 54.6 Å². The molecule has 2 atom stereocenters. The zero-order valence-corrected chi connectivity index (χ0v) is 12.3. The summed E-state index contributed by atoms with van der Waals surface area (Å²) in [6.07, 6.45) is 0.236. The summed E-state index contributed by atoms with van der Waals surface area (Å²) in [4.78, 5) is 26.0. The SMILES string of the molecule is CN1C(=O)Cc2ccccc2[C@@H](C(=O)O)[C@@H]1c1ccccc1. The molecule has 0 fully saturated rings. The van der Waals surface area contributed by atoms with Crippen molar-refractivity contribution in [2.45, 2.75) is 18.4 Å². The minimum Gasteiger partial charge on any atom is -0.481 e. The summed E-state index contributed by atoms with van der Waals surface area (Å²) in [5, 5.41) is 9.81. The fourth-order valence-corrected chi connectivity index (χ4v) is 3.17. The van der Waals surface area contributed by atoms with Gasteiger partial charge in [-0.15, -0.1) is 0 Å². The molecule has 1 aliphatic rings. The summed E-state index contributed by atoms with van der Waals surface area (Å²) in [5.41, 5.74) is 2.36. The molecule has 0 spiro atoms. The second kappa shape index (κ2) is 5.64. The van der Waals surface area contributed by atoms with Crippen LogP contribution < -0.4 is 0 Å². The van der Waals surface area contributed by atoms with Gasteiger partial charge in [0.05, 0.1) is 12.5 Å². The van der Waals surface area contributed by atoms with Crippen LogP contribution in [0.5, 0.6) is 0 Å². The van der Waals surface area contributed by atoms with Crippen molar-refractivity contribution in [1.29, 1.82) is 0 Å².